The quantitative estimate of drug-likeness (QED) is 0.320. The number of nitrogens with one attached hydrogen (secondary N) is 1. The number of nitrogens with zero attached hydrogens (tertiary/aromatic N) is 1. The summed E-state index contributed by atoms with van der Waals surface area (Å²) in [5.74, 6) is 1.08. The first-order valence-electron chi connectivity index (χ1n) is 8.09. The van der Waals surface area contributed by atoms with E-state index in [1.165, 1.54) is 0 Å². The lowest BCUT2D eigenvalue weighted by atomic mass is 10.1. The van der Waals surface area contributed by atoms with E-state index in [-0.39, 0.29) is 19.8 Å². The molecule has 0 amide bonds. The van der Waals surface area contributed by atoms with Gasteiger partial charge in [-0.2, -0.15) is 0 Å². The van der Waals surface area contributed by atoms with Gasteiger partial charge in [0, 0.05) is 18.7 Å². The molecule has 0 aromatic heterocycles. The third-order valence-corrected chi connectivity index (χ3v) is 3.42. The average molecular weight is 342 g/mol. The maximum Gasteiger partial charge on any atom is 0.294 e. The molecular weight excluding hydrogens is 316 g/mol. The Morgan fingerprint density at radius 3 is 2.50 bits per heavy atom. The number of hydrogen-bond donors (Lipinski definition) is 2. The van der Waals surface area contributed by atoms with Crippen LogP contribution in [0, 0.1) is 10.1 Å². The van der Waals surface area contributed by atoms with Crippen LogP contribution in [0.25, 0.3) is 0 Å². The lowest BCUT2D eigenvalue weighted by Crippen LogP contribution is -2.37. The molecule has 0 fully saturated rings. The Kier molecular flexibility index (Phi) is 9.55. The maximum absolute atomic E-state index is 10.0. The molecule has 8 heteroatoms. The zero-order valence-corrected chi connectivity index (χ0v) is 14.1. The molecule has 24 heavy (non-hydrogen) atoms. The van der Waals surface area contributed by atoms with Gasteiger partial charge in [0.1, 0.15) is 37.4 Å². The molecule has 0 bridgehead atoms. The van der Waals surface area contributed by atoms with Crippen LogP contribution < -0.4 is 14.8 Å². The lowest BCUT2D eigenvalue weighted by molar-refractivity contribution is -0.757. The van der Waals surface area contributed by atoms with Crippen molar-refractivity contribution in [1.29, 1.82) is 0 Å². The first-order chi connectivity index (χ1) is 11.5. The Labute approximate surface area is 141 Å². The van der Waals surface area contributed by atoms with Crippen LogP contribution in [0.4, 0.5) is 0 Å². The average Bonchev–Trinajstić information content (AvgIpc) is 2.58. The summed E-state index contributed by atoms with van der Waals surface area (Å²) in [5, 5.41) is 22.4. The van der Waals surface area contributed by atoms with Gasteiger partial charge >= 0.3 is 0 Å². The number of ether oxygens (including phenoxy) is 2. The van der Waals surface area contributed by atoms with Gasteiger partial charge < -0.3 is 24.7 Å². The number of hydrogen-bond acceptors (Lipinski definition) is 7. The normalized spacial score (nSPS) is 12.0. The van der Waals surface area contributed by atoms with Crippen LogP contribution >= 0.6 is 0 Å². The highest BCUT2D eigenvalue weighted by Crippen LogP contribution is 2.19. The van der Waals surface area contributed by atoms with Crippen molar-refractivity contribution in [2.75, 3.05) is 26.4 Å². The van der Waals surface area contributed by atoms with Gasteiger partial charge in [-0.3, -0.25) is 0 Å². The summed E-state index contributed by atoms with van der Waals surface area (Å²) in [6, 6.07) is 7.27. The number of benzene rings is 1. The van der Waals surface area contributed by atoms with Crippen molar-refractivity contribution >= 4 is 0 Å². The van der Waals surface area contributed by atoms with Gasteiger partial charge in [-0.1, -0.05) is 19.9 Å². The zero-order valence-electron chi connectivity index (χ0n) is 14.1. The van der Waals surface area contributed by atoms with Crippen molar-refractivity contribution in [3.63, 3.8) is 0 Å². The van der Waals surface area contributed by atoms with E-state index in [0.29, 0.717) is 24.1 Å². The third kappa shape index (κ3) is 8.54. The minimum absolute atomic E-state index is 0.0619. The molecule has 1 aromatic rings. The summed E-state index contributed by atoms with van der Waals surface area (Å²) >= 11 is 0. The molecule has 0 aliphatic heterocycles. The van der Waals surface area contributed by atoms with E-state index in [2.05, 4.69) is 24.0 Å². The minimum atomic E-state index is -0.861. The lowest BCUT2D eigenvalue weighted by Gasteiger charge is -2.18. The van der Waals surface area contributed by atoms with Crippen LogP contribution in [-0.2, 0) is 4.84 Å². The summed E-state index contributed by atoms with van der Waals surface area (Å²) in [4.78, 5) is 14.2. The second-order valence-electron chi connectivity index (χ2n) is 5.27. The maximum atomic E-state index is 10.0. The predicted octanol–water partition coefficient (Wildman–Crippen LogP) is 1.79. The first kappa shape index (κ1) is 20.0. The van der Waals surface area contributed by atoms with E-state index in [0.717, 1.165) is 12.8 Å². The molecule has 8 nitrogen and oxygen atoms in total. The third-order valence-electron chi connectivity index (χ3n) is 3.42. The fourth-order valence-electron chi connectivity index (χ4n) is 2.06. The van der Waals surface area contributed by atoms with Gasteiger partial charge in [0.05, 0.1) is 0 Å². The molecule has 136 valence electrons. The van der Waals surface area contributed by atoms with Crippen molar-refractivity contribution in [3.05, 3.63) is 34.4 Å². The highest BCUT2D eigenvalue weighted by atomic mass is 17.0. The number of rotatable bonds is 13. The standard InChI is InChI=1S/C16H26N2O6/c1-3-13(4-2)17-11-14(19)12-23-16-7-5-6-15(10-16)22-8-9-24-18(20)21/h5-7,10,13-14,17,19H,3-4,8-9,11-12H2,1-2H3. The van der Waals surface area contributed by atoms with E-state index in [9.17, 15) is 15.2 Å². The molecule has 1 atom stereocenters. The van der Waals surface area contributed by atoms with Crippen molar-refractivity contribution < 1.29 is 24.5 Å². The molecule has 0 heterocycles. The second-order valence-corrected chi connectivity index (χ2v) is 5.27. The van der Waals surface area contributed by atoms with Crippen LogP contribution in [0.5, 0.6) is 11.5 Å². The van der Waals surface area contributed by atoms with Crippen molar-refractivity contribution in [1.82, 2.24) is 5.32 Å². The molecule has 0 radical (unpaired) electrons. The van der Waals surface area contributed by atoms with Crippen molar-refractivity contribution in [2.24, 2.45) is 0 Å². The molecule has 0 aliphatic carbocycles. The van der Waals surface area contributed by atoms with Gasteiger partial charge in [-0.25, -0.2) is 0 Å². The summed E-state index contributed by atoms with van der Waals surface area (Å²) in [6.07, 6.45) is 1.43. The molecule has 0 spiro atoms. The largest absolute Gasteiger partial charge is 0.491 e. The molecule has 2 N–H and O–H groups in total. The fraction of sp³-hybridized carbons (Fsp3) is 0.625. The molecule has 0 saturated heterocycles. The van der Waals surface area contributed by atoms with Crippen LogP contribution in [0.3, 0.4) is 0 Å². The Balaban J connectivity index is 2.32. The van der Waals surface area contributed by atoms with Crippen LogP contribution in [-0.4, -0.2) is 48.7 Å². The summed E-state index contributed by atoms with van der Waals surface area (Å²) in [6.45, 7) is 4.77. The first-order valence-corrected chi connectivity index (χ1v) is 8.09. The molecule has 1 aromatic carbocycles. The number of aliphatic hydroxyl groups is 1. The Hall–Kier alpha value is -2.06. The molecule has 1 rings (SSSR count). The van der Waals surface area contributed by atoms with E-state index < -0.39 is 11.2 Å². The zero-order chi connectivity index (χ0) is 17.8. The van der Waals surface area contributed by atoms with Crippen LogP contribution in [0.2, 0.25) is 0 Å². The fourth-order valence-corrected chi connectivity index (χ4v) is 2.06. The summed E-state index contributed by atoms with van der Waals surface area (Å²) in [5.41, 5.74) is 0. The minimum Gasteiger partial charge on any atom is -0.491 e. The van der Waals surface area contributed by atoms with E-state index in [1.54, 1.807) is 24.3 Å². The summed E-state index contributed by atoms with van der Waals surface area (Å²) in [7, 11) is 0. The molecular formula is C16H26N2O6. The van der Waals surface area contributed by atoms with Gasteiger partial charge in [-0.05, 0) is 25.0 Å². The van der Waals surface area contributed by atoms with Crippen LogP contribution in [0.15, 0.2) is 24.3 Å². The molecule has 1 unspecified atom stereocenters. The molecule has 0 aliphatic rings. The smallest absolute Gasteiger partial charge is 0.294 e. The summed E-state index contributed by atoms with van der Waals surface area (Å²) < 4.78 is 10.9. The Bertz CT molecular complexity index is 481. The topological polar surface area (TPSA) is 103 Å². The van der Waals surface area contributed by atoms with E-state index in [1.807, 2.05) is 0 Å². The van der Waals surface area contributed by atoms with E-state index >= 15 is 0 Å². The van der Waals surface area contributed by atoms with Gasteiger partial charge in [0.2, 0.25) is 0 Å². The number of aliphatic hydroxyl groups excluding tert-OH is 1. The highest BCUT2D eigenvalue weighted by Gasteiger charge is 2.09. The van der Waals surface area contributed by atoms with Gasteiger partial charge in [0.15, 0.2) is 0 Å². The SMILES string of the molecule is CCC(CC)NCC(O)COc1cccc(OCCO[N+](=O)[O-])c1. The van der Waals surface area contributed by atoms with Gasteiger partial charge in [-0.15, -0.1) is 10.1 Å². The van der Waals surface area contributed by atoms with Crippen molar-refractivity contribution in [3.8, 4) is 11.5 Å². The van der Waals surface area contributed by atoms with Crippen molar-refractivity contribution in [2.45, 2.75) is 38.8 Å². The Morgan fingerprint density at radius 2 is 1.88 bits per heavy atom. The van der Waals surface area contributed by atoms with Crippen LogP contribution in [0.1, 0.15) is 26.7 Å². The Morgan fingerprint density at radius 1 is 1.21 bits per heavy atom. The molecule has 0 saturated carbocycles. The van der Waals surface area contributed by atoms with E-state index in [4.69, 9.17) is 9.47 Å². The predicted molar refractivity (Wildman–Crippen MR) is 88.8 cm³/mol. The van der Waals surface area contributed by atoms with Gasteiger partial charge in [0.25, 0.3) is 5.09 Å². The highest BCUT2D eigenvalue weighted by molar-refractivity contribution is 5.32. The monoisotopic (exact) mass is 342 g/mol. The second kappa shape index (κ2) is 11.5.